The first-order valence-electron chi connectivity index (χ1n) is 8.16. The lowest BCUT2D eigenvalue weighted by Crippen LogP contribution is -2.21. The number of aromatic nitrogens is 1. The zero-order chi connectivity index (χ0) is 15.7. The number of aliphatic hydroxyl groups excluding tert-OH is 1. The summed E-state index contributed by atoms with van der Waals surface area (Å²) in [6.07, 6.45) is 0.732. The smallest absolute Gasteiger partial charge is 0.0593 e. The Hall–Kier alpha value is -1.36. The predicted molar refractivity (Wildman–Crippen MR) is 89.1 cm³/mol. The van der Waals surface area contributed by atoms with Crippen LogP contribution in [0.3, 0.4) is 0 Å². The van der Waals surface area contributed by atoms with Crippen molar-refractivity contribution >= 4 is 10.9 Å². The Kier molecular flexibility index (Phi) is 4.52. The van der Waals surface area contributed by atoms with Gasteiger partial charge < -0.3 is 14.4 Å². The number of aliphatic hydroxyl groups is 1. The summed E-state index contributed by atoms with van der Waals surface area (Å²) in [6, 6.07) is 4.67. The molecule has 1 aliphatic rings. The van der Waals surface area contributed by atoms with Crippen LogP contribution in [0.4, 0.5) is 0 Å². The number of benzene rings is 1. The van der Waals surface area contributed by atoms with Gasteiger partial charge in [-0.05, 0) is 49.1 Å². The molecule has 4 nitrogen and oxygen atoms in total. The third-order valence-electron chi connectivity index (χ3n) is 4.85. The Morgan fingerprint density at radius 1 is 1.23 bits per heavy atom. The van der Waals surface area contributed by atoms with Crippen LogP contribution in [0.15, 0.2) is 12.1 Å². The fourth-order valence-corrected chi connectivity index (χ4v) is 3.53. The molecule has 0 unspecified atom stereocenters. The van der Waals surface area contributed by atoms with Crippen molar-refractivity contribution in [3.8, 4) is 0 Å². The highest BCUT2D eigenvalue weighted by atomic mass is 16.5. The number of rotatable bonds is 6. The number of hydrogen-bond acceptors (Lipinski definition) is 3. The van der Waals surface area contributed by atoms with E-state index in [0.29, 0.717) is 0 Å². The fourth-order valence-electron chi connectivity index (χ4n) is 3.53. The van der Waals surface area contributed by atoms with Crippen molar-refractivity contribution in [2.45, 2.75) is 33.4 Å². The van der Waals surface area contributed by atoms with Crippen LogP contribution in [0.2, 0.25) is 0 Å². The van der Waals surface area contributed by atoms with Crippen molar-refractivity contribution in [1.29, 1.82) is 0 Å². The highest BCUT2D eigenvalue weighted by molar-refractivity contribution is 5.87. The minimum absolute atomic E-state index is 0.206. The SMILES string of the molecule is CCOCCN1Cc2cc3c(CCO)c(C)n(C)c3cc2C1. The van der Waals surface area contributed by atoms with E-state index in [1.165, 1.54) is 33.3 Å². The molecule has 0 saturated carbocycles. The van der Waals surface area contributed by atoms with Crippen LogP contribution in [0.1, 0.15) is 29.3 Å². The number of hydrogen-bond donors (Lipinski definition) is 1. The summed E-state index contributed by atoms with van der Waals surface area (Å²) in [5.74, 6) is 0. The third kappa shape index (κ3) is 2.67. The van der Waals surface area contributed by atoms with E-state index in [2.05, 4.69) is 35.6 Å². The van der Waals surface area contributed by atoms with Crippen LogP contribution in [0, 0.1) is 6.92 Å². The van der Waals surface area contributed by atoms with E-state index >= 15 is 0 Å². The van der Waals surface area contributed by atoms with E-state index in [-0.39, 0.29) is 6.61 Å². The van der Waals surface area contributed by atoms with Gasteiger partial charge in [-0.1, -0.05) is 0 Å². The molecule has 0 aliphatic carbocycles. The van der Waals surface area contributed by atoms with Gasteiger partial charge in [0.15, 0.2) is 0 Å². The van der Waals surface area contributed by atoms with Crippen molar-refractivity contribution in [3.05, 3.63) is 34.5 Å². The van der Waals surface area contributed by atoms with Crippen molar-refractivity contribution < 1.29 is 9.84 Å². The van der Waals surface area contributed by atoms with Gasteiger partial charge in [-0.3, -0.25) is 4.90 Å². The normalized spacial score (nSPS) is 14.9. The molecule has 0 saturated heterocycles. The summed E-state index contributed by atoms with van der Waals surface area (Å²) >= 11 is 0. The molecule has 0 radical (unpaired) electrons. The van der Waals surface area contributed by atoms with Gasteiger partial charge in [0.1, 0.15) is 0 Å². The van der Waals surface area contributed by atoms with Gasteiger partial charge in [0.25, 0.3) is 0 Å². The maximum Gasteiger partial charge on any atom is 0.0593 e. The molecule has 22 heavy (non-hydrogen) atoms. The second kappa shape index (κ2) is 6.41. The summed E-state index contributed by atoms with van der Waals surface area (Å²) in [5.41, 5.74) is 6.69. The third-order valence-corrected chi connectivity index (χ3v) is 4.85. The molecule has 3 rings (SSSR count). The van der Waals surface area contributed by atoms with Gasteiger partial charge in [0, 0.05) is 56.5 Å². The zero-order valence-corrected chi connectivity index (χ0v) is 13.9. The molecule has 1 N–H and O–H groups in total. The molecule has 120 valence electrons. The molecule has 2 heterocycles. The second-order valence-corrected chi connectivity index (χ2v) is 6.14. The minimum atomic E-state index is 0.206. The molecule has 4 heteroatoms. The second-order valence-electron chi connectivity index (χ2n) is 6.14. The Bertz CT molecular complexity index is 676. The molecule has 0 bridgehead atoms. The Labute approximate surface area is 132 Å². The van der Waals surface area contributed by atoms with Gasteiger partial charge in [-0.15, -0.1) is 0 Å². The Balaban J connectivity index is 1.90. The van der Waals surface area contributed by atoms with Crippen LogP contribution in [-0.2, 0) is 31.3 Å². The lowest BCUT2D eigenvalue weighted by molar-refractivity contribution is 0.113. The summed E-state index contributed by atoms with van der Waals surface area (Å²) in [7, 11) is 2.12. The molecule has 1 aromatic heterocycles. The van der Waals surface area contributed by atoms with Crippen molar-refractivity contribution in [3.63, 3.8) is 0 Å². The standard InChI is InChI=1S/C18H26N2O2/c1-4-22-8-6-20-11-14-9-17-16(5-7-21)13(2)19(3)18(17)10-15(14)12-20/h9-10,21H,4-8,11-12H2,1-3H3. The van der Waals surface area contributed by atoms with Gasteiger partial charge in [0.2, 0.25) is 0 Å². The first-order chi connectivity index (χ1) is 10.7. The number of fused-ring (bicyclic) bond motifs is 2. The van der Waals surface area contributed by atoms with Crippen molar-refractivity contribution in [1.82, 2.24) is 9.47 Å². The van der Waals surface area contributed by atoms with E-state index in [1.807, 2.05) is 6.92 Å². The average Bonchev–Trinajstić information content (AvgIpc) is 3.00. The van der Waals surface area contributed by atoms with Crippen molar-refractivity contribution in [2.75, 3.05) is 26.4 Å². The van der Waals surface area contributed by atoms with Crippen molar-refractivity contribution in [2.24, 2.45) is 7.05 Å². The zero-order valence-electron chi connectivity index (χ0n) is 13.9. The van der Waals surface area contributed by atoms with Crippen LogP contribution in [0.25, 0.3) is 10.9 Å². The van der Waals surface area contributed by atoms with Crippen LogP contribution in [0.5, 0.6) is 0 Å². The molecule has 0 spiro atoms. The lowest BCUT2D eigenvalue weighted by atomic mass is 10.0. The van der Waals surface area contributed by atoms with Gasteiger partial charge in [-0.25, -0.2) is 0 Å². The van der Waals surface area contributed by atoms with E-state index in [0.717, 1.165) is 39.3 Å². The monoisotopic (exact) mass is 302 g/mol. The first-order valence-corrected chi connectivity index (χ1v) is 8.16. The summed E-state index contributed by atoms with van der Waals surface area (Å²) in [5, 5.41) is 10.6. The fraction of sp³-hybridized carbons (Fsp3) is 0.556. The van der Waals surface area contributed by atoms with E-state index < -0.39 is 0 Å². The quantitative estimate of drug-likeness (QED) is 0.833. The van der Waals surface area contributed by atoms with Gasteiger partial charge in [-0.2, -0.15) is 0 Å². The Morgan fingerprint density at radius 3 is 2.64 bits per heavy atom. The summed E-state index contributed by atoms with van der Waals surface area (Å²) in [6.45, 7) is 8.98. The first kappa shape index (κ1) is 15.5. The maximum atomic E-state index is 9.34. The maximum absolute atomic E-state index is 9.34. The number of nitrogens with zero attached hydrogens (tertiary/aromatic N) is 2. The van der Waals surface area contributed by atoms with Gasteiger partial charge >= 0.3 is 0 Å². The average molecular weight is 302 g/mol. The minimum Gasteiger partial charge on any atom is -0.396 e. The summed E-state index contributed by atoms with van der Waals surface area (Å²) in [4.78, 5) is 2.44. The summed E-state index contributed by atoms with van der Waals surface area (Å²) < 4.78 is 7.72. The molecule has 0 fully saturated rings. The van der Waals surface area contributed by atoms with Crippen LogP contribution < -0.4 is 0 Å². The van der Waals surface area contributed by atoms with E-state index in [9.17, 15) is 5.11 Å². The molecule has 0 atom stereocenters. The van der Waals surface area contributed by atoms with Crippen LogP contribution >= 0.6 is 0 Å². The molecule has 1 aliphatic heterocycles. The molecular weight excluding hydrogens is 276 g/mol. The van der Waals surface area contributed by atoms with E-state index in [1.54, 1.807) is 0 Å². The lowest BCUT2D eigenvalue weighted by Gasteiger charge is -2.13. The topological polar surface area (TPSA) is 37.6 Å². The number of ether oxygens (including phenoxy) is 1. The Morgan fingerprint density at radius 2 is 1.95 bits per heavy atom. The largest absolute Gasteiger partial charge is 0.396 e. The predicted octanol–water partition coefficient (Wildman–Crippen LogP) is 2.37. The van der Waals surface area contributed by atoms with E-state index in [4.69, 9.17) is 4.74 Å². The van der Waals surface area contributed by atoms with Gasteiger partial charge in [0.05, 0.1) is 6.61 Å². The molecule has 2 aromatic rings. The molecule has 0 amide bonds. The highest BCUT2D eigenvalue weighted by Crippen LogP contribution is 2.32. The highest BCUT2D eigenvalue weighted by Gasteiger charge is 2.21. The molecule has 1 aromatic carbocycles. The number of aryl methyl sites for hydroxylation is 1. The van der Waals surface area contributed by atoms with Crippen LogP contribution in [-0.4, -0.2) is 40.9 Å². The molecular formula is C18H26N2O2.